The lowest BCUT2D eigenvalue weighted by Crippen LogP contribution is -2.45. The van der Waals surface area contributed by atoms with Gasteiger partial charge in [0.25, 0.3) is 0 Å². The van der Waals surface area contributed by atoms with Crippen LogP contribution < -0.4 is 10.2 Å². The molecule has 180 valence electrons. The zero-order valence-electron chi connectivity index (χ0n) is 19.4. The normalized spacial score (nSPS) is 11.8. The van der Waals surface area contributed by atoms with Crippen LogP contribution in [0.2, 0.25) is 0 Å². The van der Waals surface area contributed by atoms with Crippen LogP contribution >= 0.6 is 11.3 Å². The second-order valence-corrected chi connectivity index (χ2v) is 8.79. The first-order valence-electron chi connectivity index (χ1n) is 11.0. The molecule has 9 nitrogen and oxygen atoms in total. The van der Waals surface area contributed by atoms with E-state index >= 15 is 0 Å². The van der Waals surface area contributed by atoms with E-state index in [1.54, 1.807) is 31.4 Å². The quantitative estimate of drug-likeness (QED) is 0.270. The van der Waals surface area contributed by atoms with Crippen molar-refractivity contribution in [1.29, 1.82) is 0 Å². The summed E-state index contributed by atoms with van der Waals surface area (Å²) < 4.78 is 6.57. The highest BCUT2D eigenvalue weighted by molar-refractivity contribution is 7.10. The van der Waals surface area contributed by atoms with Crippen LogP contribution in [0.5, 0.6) is 0 Å². The summed E-state index contributed by atoms with van der Waals surface area (Å²) in [7, 11) is 1.55. The van der Waals surface area contributed by atoms with E-state index in [1.165, 1.54) is 27.8 Å². The minimum atomic E-state index is -0.948. The minimum absolute atomic E-state index is 0.140. The lowest BCUT2D eigenvalue weighted by atomic mass is 10.1. The van der Waals surface area contributed by atoms with Gasteiger partial charge in [-0.25, -0.2) is 4.68 Å². The smallest absolute Gasteiger partial charge is 0.249 e. The maximum atomic E-state index is 13.9. The number of carbonyl (C=O) groups excluding carboxylic acids is 3. The van der Waals surface area contributed by atoms with Crippen molar-refractivity contribution in [2.45, 2.75) is 19.5 Å². The van der Waals surface area contributed by atoms with E-state index in [-0.39, 0.29) is 24.1 Å². The molecule has 0 spiro atoms. The Morgan fingerprint density at radius 3 is 2.69 bits per heavy atom. The molecule has 0 saturated carbocycles. The average molecular weight is 492 g/mol. The van der Waals surface area contributed by atoms with Crippen molar-refractivity contribution in [1.82, 2.24) is 20.3 Å². The molecule has 1 atom stereocenters. The number of nitrogens with zero attached hydrogens (tertiary/aromatic N) is 4. The Morgan fingerprint density at radius 2 is 1.94 bits per heavy atom. The zero-order valence-corrected chi connectivity index (χ0v) is 20.2. The Bertz CT molecular complexity index is 1330. The Balaban J connectivity index is 1.77. The highest BCUT2D eigenvalue weighted by Crippen LogP contribution is 2.32. The summed E-state index contributed by atoms with van der Waals surface area (Å²) in [5, 5.41) is 13.0. The predicted octanol–water partition coefficient (Wildman–Crippen LogP) is 3.23. The van der Waals surface area contributed by atoms with E-state index in [9.17, 15) is 14.4 Å². The topological polar surface area (TPSA) is 106 Å². The second-order valence-electron chi connectivity index (χ2n) is 7.81. The molecule has 0 unspecified atom stereocenters. The monoisotopic (exact) mass is 491 g/mol. The standard InChI is InChI=1S/C25H25N5O4S/c1-17(31)18-7-5-8-19(15-18)30(23(32)16-29-21-10-4-3-9-20(21)27-28-29)24(22-11-6-14-35-22)25(33)26-12-13-34-2/h3-11,14-15,24H,12-13,16H2,1-2H3,(H,26,33)/t24-/m0/s1. The maximum Gasteiger partial charge on any atom is 0.249 e. The van der Waals surface area contributed by atoms with Crippen LogP contribution in [0.3, 0.4) is 0 Å². The number of ketones is 1. The van der Waals surface area contributed by atoms with Crippen molar-refractivity contribution >= 4 is 45.7 Å². The second kappa shape index (κ2) is 11.0. The summed E-state index contributed by atoms with van der Waals surface area (Å²) in [6, 6.07) is 16.8. The number of nitrogens with one attached hydrogen (secondary N) is 1. The van der Waals surface area contributed by atoms with E-state index in [0.717, 1.165) is 0 Å². The number of rotatable bonds is 10. The number of hydrogen-bond donors (Lipinski definition) is 1. The highest BCUT2D eigenvalue weighted by atomic mass is 32.1. The van der Waals surface area contributed by atoms with Gasteiger partial charge in [-0.05, 0) is 42.6 Å². The minimum Gasteiger partial charge on any atom is -0.383 e. The first kappa shape index (κ1) is 24.2. The molecule has 35 heavy (non-hydrogen) atoms. The van der Waals surface area contributed by atoms with Gasteiger partial charge in [0.2, 0.25) is 11.8 Å². The molecule has 2 aromatic heterocycles. The molecule has 0 aliphatic heterocycles. The maximum absolute atomic E-state index is 13.9. The van der Waals surface area contributed by atoms with Gasteiger partial charge in [0.05, 0.1) is 12.1 Å². The fourth-order valence-corrected chi connectivity index (χ4v) is 4.56. The summed E-state index contributed by atoms with van der Waals surface area (Å²) in [5.74, 6) is -0.866. The number of aromatic nitrogens is 3. The molecule has 0 saturated heterocycles. The van der Waals surface area contributed by atoms with Crippen LogP contribution in [0.4, 0.5) is 5.69 Å². The number of carbonyl (C=O) groups is 3. The van der Waals surface area contributed by atoms with Crippen LogP contribution in [0.25, 0.3) is 11.0 Å². The van der Waals surface area contributed by atoms with Crippen LogP contribution in [0.15, 0.2) is 66.0 Å². The molecule has 4 aromatic rings. The van der Waals surface area contributed by atoms with Crippen molar-refractivity contribution in [3.63, 3.8) is 0 Å². The number of Topliss-reactive ketones (excluding diaryl/α,β-unsaturated/α-hetero) is 1. The van der Waals surface area contributed by atoms with Crippen molar-refractivity contribution in [3.8, 4) is 0 Å². The zero-order chi connectivity index (χ0) is 24.8. The summed E-state index contributed by atoms with van der Waals surface area (Å²) in [6.07, 6.45) is 0. The number of methoxy groups -OCH3 is 1. The predicted molar refractivity (Wildman–Crippen MR) is 133 cm³/mol. The number of thiophene rings is 1. The van der Waals surface area contributed by atoms with Gasteiger partial charge in [-0.15, -0.1) is 16.4 Å². The van der Waals surface area contributed by atoms with Gasteiger partial charge >= 0.3 is 0 Å². The molecular weight excluding hydrogens is 466 g/mol. The summed E-state index contributed by atoms with van der Waals surface area (Å²) in [6.45, 7) is 1.95. The van der Waals surface area contributed by atoms with Crippen molar-refractivity contribution in [3.05, 3.63) is 76.5 Å². The molecule has 0 aliphatic rings. The first-order chi connectivity index (χ1) is 17.0. The number of benzene rings is 2. The van der Waals surface area contributed by atoms with E-state index in [1.807, 2.05) is 41.8 Å². The van der Waals surface area contributed by atoms with Gasteiger partial charge in [-0.1, -0.05) is 35.5 Å². The Kier molecular flexibility index (Phi) is 7.64. The van der Waals surface area contributed by atoms with Crippen LogP contribution in [-0.2, 0) is 20.9 Å². The van der Waals surface area contributed by atoms with Gasteiger partial charge in [0.1, 0.15) is 18.1 Å². The van der Waals surface area contributed by atoms with Gasteiger partial charge in [0.15, 0.2) is 5.78 Å². The SMILES string of the molecule is COCCNC(=O)[C@H](c1cccs1)N(C(=O)Cn1nnc2ccccc21)c1cccc(C(C)=O)c1. The fourth-order valence-electron chi connectivity index (χ4n) is 3.74. The molecule has 4 rings (SSSR count). The lowest BCUT2D eigenvalue weighted by molar-refractivity contribution is -0.127. The molecular formula is C25H25N5O4S. The number of ether oxygens (including phenoxy) is 1. The Hall–Kier alpha value is -3.89. The Labute approximate surface area is 206 Å². The summed E-state index contributed by atoms with van der Waals surface area (Å²) >= 11 is 1.37. The molecule has 0 radical (unpaired) electrons. The average Bonchev–Trinajstić information content (AvgIpc) is 3.53. The fraction of sp³-hybridized carbons (Fsp3) is 0.240. The molecule has 2 amide bonds. The third-order valence-corrected chi connectivity index (χ3v) is 6.35. The lowest BCUT2D eigenvalue weighted by Gasteiger charge is -2.31. The van der Waals surface area contributed by atoms with E-state index in [4.69, 9.17) is 4.74 Å². The third kappa shape index (κ3) is 5.44. The molecule has 10 heteroatoms. The molecule has 2 aromatic carbocycles. The van der Waals surface area contributed by atoms with Crippen molar-refractivity contribution in [2.75, 3.05) is 25.2 Å². The van der Waals surface area contributed by atoms with Crippen LogP contribution in [0, 0.1) is 0 Å². The molecule has 0 fully saturated rings. The van der Waals surface area contributed by atoms with E-state index in [0.29, 0.717) is 40.3 Å². The van der Waals surface area contributed by atoms with E-state index in [2.05, 4.69) is 15.6 Å². The van der Waals surface area contributed by atoms with Gasteiger partial charge in [0, 0.05) is 29.8 Å². The molecule has 0 bridgehead atoms. The van der Waals surface area contributed by atoms with Crippen molar-refractivity contribution < 1.29 is 19.1 Å². The largest absolute Gasteiger partial charge is 0.383 e. The number of anilines is 1. The van der Waals surface area contributed by atoms with Gasteiger partial charge in [-0.3, -0.25) is 19.3 Å². The molecule has 1 N–H and O–H groups in total. The summed E-state index contributed by atoms with van der Waals surface area (Å²) in [5.41, 5.74) is 2.25. The van der Waals surface area contributed by atoms with Gasteiger partial charge < -0.3 is 10.1 Å². The number of amides is 2. The van der Waals surface area contributed by atoms with E-state index < -0.39 is 6.04 Å². The third-order valence-electron chi connectivity index (χ3n) is 5.43. The van der Waals surface area contributed by atoms with Crippen molar-refractivity contribution in [2.24, 2.45) is 0 Å². The number of hydrogen-bond acceptors (Lipinski definition) is 7. The van der Waals surface area contributed by atoms with Crippen LogP contribution in [-0.4, -0.2) is 52.9 Å². The molecule has 0 aliphatic carbocycles. The first-order valence-corrected chi connectivity index (χ1v) is 11.9. The highest BCUT2D eigenvalue weighted by Gasteiger charge is 2.34. The summed E-state index contributed by atoms with van der Waals surface area (Å²) in [4.78, 5) is 41.5. The van der Waals surface area contributed by atoms with Gasteiger partial charge in [-0.2, -0.15) is 0 Å². The number of fused-ring (bicyclic) bond motifs is 1. The number of para-hydroxylation sites is 1. The van der Waals surface area contributed by atoms with Crippen LogP contribution in [0.1, 0.15) is 28.2 Å². The molecule has 2 heterocycles. The Morgan fingerprint density at radius 1 is 1.11 bits per heavy atom.